The van der Waals surface area contributed by atoms with Crippen LogP contribution in [-0.2, 0) is 0 Å². The standard InChI is InChI=1S/C15H22/c1-3-4-9-5-10(6-9)11-7-12-13-8(2)14(13)15(11)12/h9-15H,2-7H2,1H3. The maximum atomic E-state index is 4.21. The van der Waals surface area contributed by atoms with Gasteiger partial charge in [0.2, 0.25) is 0 Å². The molecule has 4 saturated carbocycles. The normalized spacial score (nSPS) is 59.5. The summed E-state index contributed by atoms with van der Waals surface area (Å²) >= 11 is 0. The van der Waals surface area contributed by atoms with Crippen LogP contribution in [0.15, 0.2) is 12.2 Å². The van der Waals surface area contributed by atoms with Gasteiger partial charge in [-0.2, -0.15) is 0 Å². The summed E-state index contributed by atoms with van der Waals surface area (Å²) < 4.78 is 0. The van der Waals surface area contributed by atoms with E-state index >= 15 is 0 Å². The third-order valence-corrected chi connectivity index (χ3v) is 6.12. The number of fused-ring (bicyclic) bond motifs is 4. The highest BCUT2D eigenvalue weighted by Gasteiger charge is 2.72. The second-order valence-electron chi connectivity index (χ2n) is 6.65. The molecule has 0 saturated heterocycles. The van der Waals surface area contributed by atoms with Crippen LogP contribution in [0.25, 0.3) is 0 Å². The van der Waals surface area contributed by atoms with Crippen molar-refractivity contribution < 1.29 is 0 Å². The first-order valence-corrected chi connectivity index (χ1v) is 7.00. The molecule has 0 radical (unpaired) electrons. The van der Waals surface area contributed by atoms with Crippen LogP contribution < -0.4 is 0 Å². The van der Waals surface area contributed by atoms with Gasteiger partial charge in [-0.25, -0.2) is 0 Å². The van der Waals surface area contributed by atoms with E-state index in [9.17, 15) is 0 Å². The van der Waals surface area contributed by atoms with Gasteiger partial charge in [-0.3, -0.25) is 0 Å². The number of hydrogen-bond acceptors (Lipinski definition) is 0. The van der Waals surface area contributed by atoms with E-state index in [1.54, 1.807) is 24.8 Å². The van der Waals surface area contributed by atoms with Crippen LogP contribution in [0.3, 0.4) is 0 Å². The molecule has 15 heavy (non-hydrogen) atoms. The van der Waals surface area contributed by atoms with Gasteiger partial charge in [-0.1, -0.05) is 31.9 Å². The lowest BCUT2D eigenvalue weighted by atomic mass is 9.46. The summed E-state index contributed by atoms with van der Waals surface area (Å²) in [6.07, 6.45) is 7.62. The van der Waals surface area contributed by atoms with E-state index < -0.39 is 0 Å². The molecule has 0 heteroatoms. The molecule has 0 nitrogen and oxygen atoms in total. The van der Waals surface area contributed by atoms with Crippen molar-refractivity contribution in [1.29, 1.82) is 0 Å². The summed E-state index contributed by atoms with van der Waals surface area (Å²) in [4.78, 5) is 0. The van der Waals surface area contributed by atoms with Crippen molar-refractivity contribution in [3.63, 3.8) is 0 Å². The number of rotatable bonds is 3. The quantitative estimate of drug-likeness (QED) is 0.609. The molecule has 0 aliphatic heterocycles. The molecule has 82 valence electrons. The minimum Gasteiger partial charge on any atom is -0.0992 e. The smallest absolute Gasteiger partial charge is 0.0100 e. The van der Waals surface area contributed by atoms with Crippen LogP contribution in [0, 0.1) is 41.4 Å². The van der Waals surface area contributed by atoms with Gasteiger partial charge in [0, 0.05) is 0 Å². The van der Waals surface area contributed by atoms with Crippen molar-refractivity contribution in [3.05, 3.63) is 12.2 Å². The van der Waals surface area contributed by atoms with Crippen LogP contribution >= 0.6 is 0 Å². The van der Waals surface area contributed by atoms with Crippen LogP contribution in [-0.4, -0.2) is 0 Å². The molecular weight excluding hydrogens is 180 g/mol. The molecule has 0 aromatic heterocycles. The third-order valence-electron chi connectivity index (χ3n) is 6.12. The van der Waals surface area contributed by atoms with Crippen LogP contribution in [0.1, 0.15) is 39.0 Å². The Bertz CT molecular complexity index is 310. The summed E-state index contributed by atoms with van der Waals surface area (Å²) in [5, 5.41) is 0. The fourth-order valence-electron chi connectivity index (χ4n) is 5.20. The molecule has 0 N–H and O–H groups in total. The first-order chi connectivity index (χ1) is 7.31. The highest BCUT2D eigenvalue weighted by molar-refractivity contribution is 5.40. The van der Waals surface area contributed by atoms with E-state index in [-0.39, 0.29) is 0 Å². The average Bonchev–Trinajstić information content (AvgIpc) is 2.66. The van der Waals surface area contributed by atoms with Gasteiger partial charge in [0.05, 0.1) is 0 Å². The Morgan fingerprint density at radius 3 is 2.60 bits per heavy atom. The lowest BCUT2D eigenvalue weighted by molar-refractivity contribution is -0.101. The van der Waals surface area contributed by atoms with Gasteiger partial charge in [-0.05, 0) is 60.7 Å². The van der Waals surface area contributed by atoms with E-state index in [0.29, 0.717) is 0 Å². The van der Waals surface area contributed by atoms with Crippen molar-refractivity contribution in [2.75, 3.05) is 0 Å². The summed E-state index contributed by atoms with van der Waals surface area (Å²) in [7, 11) is 0. The van der Waals surface area contributed by atoms with Gasteiger partial charge >= 0.3 is 0 Å². The Morgan fingerprint density at radius 2 is 1.93 bits per heavy atom. The molecule has 5 unspecified atom stereocenters. The molecule has 5 atom stereocenters. The van der Waals surface area contributed by atoms with E-state index in [1.165, 1.54) is 12.8 Å². The van der Waals surface area contributed by atoms with Crippen LogP contribution in [0.5, 0.6) is 0 Å². The predicted molar refractivity (Wildman–Crippen MR) is 62.3 cm³/mol. The van der Waals surface area contributed by atoms with E-state index in [0.717, 1.165) is 41.4 Å². The van der Waals surface area contributed by atoms with Crippen molar-refractivity contribution in [2.24, 2.45) is 41.4 Å². The van der Waals surface area contributed by atoms with Crippen LogP contribution in [0.2, 0.25) is 0 Å². The van der Waals surface area contributed by atoms with Crippen molar-refractivity contribution in [3.8, 4) is 0 Å². The summed E-state index contributed by atoms with van der Waals surface area (Å²) in [6.45, 7) is 6.54. The van der Waals surface area contributed by atoms with Crippen molar-refractivity contribution in [2.45, 2.75) is 39.0 Å². The van der Waals surface area contributed by atoms with E-state index in [2.05, 4.69) is 13.5 Å². The Kier molecular flexibility index (Phi) is 1.59. The lowest BCUT2D eigenvalue weighted by Crippen LogP contribution is -2.52. The predicted octanol–water partition coefficient (Wildman–Crippen LogP) is 3.88. The first-order valence-electron chi connectivity index (χ1n) is 7.00. The average molecular weight is 202 g/mol. The zero-order valence-corrected chi connectivity index (χ0v) is 9.78. The van der Waals surface area contributed by atoms with Crippen molar-refractivity contribution in [1.82, 2.24) is 0 Å². The molecule has 4 rings (SSSR count). The minimum atomic E-state index is 1.03. The summed E-state index contributed by atoms with van der Waals surface area (Å²) in [5.74, 6) is 7.70. The molecule has 4 aliphatic carbocycles. The highest BCUT2D eigenvalue weighted by atomic mass is 14.8. The zero-order valence-electron chi connectivity index (χ0n) is 9.78. The zero-order chi connectivity index (χ0) is 10.2. The Labute approximate surface area is 93.1 Å². The van der Waals surface area contributed by atoms with Gasteiger partial charge in [0.25, 0.3) is 0 Å². The maximum absolute atomic E-state index is 4.21. The summed E-state index contributed by atoms with van der Waals surface area (Å²) in [6, 6.07) is 0. The van der Waals surface area contributed by atoms with Crippen LogP contribution in [0.4, 0.5) is 0 Å². The Hall–Kier alpha value is -0.260. The van der Waals surface area contributed by atoms with Crippen molar-refractivity contribution >= 4 is 0 Å². The maximum Gasteiger partial charge on any atom is -0.0100 e. The number of hydrogen-bond donors (Lipinski definition) is 0. The lowest BCUT2D eigenvalue weighted by Gasteiger charge is -2.58. The molecule has 0 amide bonds. The molecule has 0 bridgehead atoms. The molecule has 0 aromatic rings. The first kappa shape index (κ1) is 8.84. The largest absolute Gasteiger partial charge is 0.0992 e. The fraction of sp³-hybridized carbons (Fsp3) is 0.867. The third kappa shape index (κ3) is 0.946. The molecule has 0 aromatic carbocycles. The van der Waals surface area contributed by atoms with Gasteiger partial charge in [0.15, 0.2) is 0 Å². The van der Waals surface area contributed by atoms with Gasteiger partial charge in [0.1, 0.15) is 0 Å². The Morgan fingerprint density at radius 1 is 1.13 bits per heavy atom. The molecule has 4 aliphatic rings. The Balaban J connectivity index is 1.33. The second kappa shape index (κ2) is 2.70. The molecule has 4 fully saturated rings. The highest BCUT2D eigenvalue weighted by Crippen LogP contribution is 2.78. The van der Waals surface area contributed by atoms with E-state index in [1.807, 2.05) is 0 Å². The summed E-state index contributed by atoms with van der Waals surface area (Å²) in [5.41, 5.74) is 1.64. The number of allylic oxidation sites excluding steroid dienone is 1. The molecular formula is C15H22. The molecule has 0 heterocycles. The fourth-order valence-corrected chi connectivity index (χ4v) is 5.20. The van der Waals surface area contributed by atoms with Gasteiger partial charge < -0.3 is 0 Å². The topological polar surface area (TPSA) is 0 Å². The molecule has 0 spiro atoms. The van der Waals surface area contributed by atoms with E-state index in [4.69, 9.17) is 0 Å². The van der Waals surface area contributed by atoms with Gasteiger partial charge in [-0.15, -0.1) is 0 Å². The SMILES string of the molecule is C=C1C2C3CC(C4CC(CCC)C4)C3C12. The minimum absolute atomic E-state index is 1.03. The second-order valence-corrected chi connectivity index (χ2v) is 6.65. The monoisotopic (exact) mass is 202 g/mol.